The van der Waals surface area contributed by atoms with Gasteiger partial charge in [-0.3, -0.25) is 4.79 Å². The zero-order valence-electron chi connectivity index (χ0n) is 10.4. The highest BCUT2D eigenvalue weighted by Gasteiger charge is 2.10. The molecule has 0 saturated heterocycles. The average Bonchev–Trinajstić information content (AvgIpc) is 2.87. The van der Waals surface area contributed by atoms with E-state index in [0.717, 1.165) is 10.9 Å². The van der Waals surface area contributed by atoms with Gasteiger partial charge in [-0.05, 0) is 30.3 Å². The maximum Gasteiger partial charge on any atom is 0.272 e. The Bertz CT molecular complexity index is 762. The molecule has 2 aromatic carbocycles. The van der Waals surface area contributed by atoms with Crippen LogP contribution in [0.1, 0.15) is 10.5 Å². The average molecular weight is 287 g/mol. The quantitative estimate of drug-likeness (QED) is 0.628. The zero-order chi connectivity index (χ0) is 14.1. The summed E-state index contributed by atoms with van der Waals surface area (Å²) in [4.78, 5) is 15.2. The van der Waals surface area contributed by atoms with E-state index in [1.807, 2.05) is 24.3 Å². The van der Waals surface area contributed by atoms with Crippen LogP contribution in [0, 0.1) is 0 Å². The number of phenolic OH excluding ortho intramolecular Hbond substituents is 1. The fourth-order valence-corrected chi connectivity index (χ4v) is 2.16. The summed E-state index contributed by atoms with van der Waals surface area (Å²) in [6.45, 7) is 0. The number of aromatic nitrogens is 1. The molecule has 0 aliphatic carbocycles. The second-order valence-electron chi connectivity index (χ2n) is 4.39. The summed E-state index contributed by atoms with van der Waals surface area (Å²) in [5.41, 5.74) is 1.90. The molecule has 4 nitrogen and oxygen atoms in total. The lowest BCUT2D eigenvalue weighted by Gasteiger charge is -2.05. The van der Waals surface area contributed by atoms with Crippen LogP contribution in [0.25, 0.3) is 10.9 Å². The molecule has 0 fully saturated rings. The molecule has 100 valence electrons. The van der Waals surface area contributed by atoms with E-state index in [0.29, 0.717) is 11.4 Å². The number of carbonyl (C=O) groups excluding carboxylic acids is 1. The lowest BCUT2D eigenvalue weighted by molar-refractivity contribution is 0.102. The van der Waals surface area contributed by atoms with Gasteiger partial charge in [0.2, 0.25) is 0 Å². The van der Waals surface area contributed by atoms with Crippen molar-refractivity contribution in [3.63, 3.8) is 0 Å². The SMILES string of the molecule is O=C(Nc1ccc(O)c(Cl)c1)c1cc2ccccc2[nH]1. The molecule has 3 rings (SSSR count). The molecule has 3 N–H and O–H groups in total. The number of hydrogen-bond acceptors (Lipinski definition) is 2. The van der Waals surface area contributed by atoms with Crippen LogP contribution in [0.5, 0.6) is 5.75 Å². The van der Waals surface area contributed by atoms with Crippen molar-refractivity contribution in [3.8, 4) is 5.75 Å². The molecule has 1 heterocycles. The van der Waals surface area contributed by atoms with Crippen LogP contribution in [0.4, 0.5) is 5.69 Å². The molecule has 0 spiro atoms. The van der Waals surface area contributed by atoms with Crippen LogP contribution in [0.15, 0.2) is 48.5 Å². The number of phenols is 1. The van der Waals surface area contributed by atoms with Crippen molar-refractivity contribution in [3.05, 3.63) is 59.2 Å². The summed E-state index contributed by atoms with van der Waals surface area (Å²) in [7, 11) is 0. The first-order chi connectivity index (χ1) is 9.63. The molecule has 0 aliphatic rings. The lowest BCUT2D eigenvalue weighted by atomic mass is 10.2. The van der Waals surface area contributed by atoms with Crippen LogP contribution in [-0.4, -0.2) is 16.0 Å². The molecular formula is C15H11ClN2O2. The minimum Gasteiger partial charge on any atom is -0.506 e. The first kappa shape index (κ1) is 12.6. The highest BCUT2D eigenvalue weighted by atomic mass is 35.5. The summed E-state index contributed by atoms with van der Waals surface area (Å²) in [6, 6.07) is 14.0. The Hall–Kier alpha value is -2.46. The van der Waals surface area contributed by atoms with Gasteiger partial charge in [-0.1, -0.05) is 29.8 Å². The van der Waals surface area contributed by atoms with Crippen molar-refractivity contribution >= 4 is 34.1 Å². The normalized spacial score (nSPS) is 10.7. The van der Waals surface area contributed by atoms with Crippen molar-refractivity contribution in [1.29, 1.82) is 0 Å². The summed E-state index contributed by atoms with van der Waals surface area (Å²) in [5, 5.41) is 13.2. The van der Waals surface area contributed by atoms with Gasteiger partial charge < -0.3 is 15.4 Å². The first-order valence-corrected chi connectivity index (χ1v) is 6.39. The number of H-pyrrole nitrogens is 1. The predicted octanol–water partition coefficient (Wildman–Crippen LogP) is 3.78. The number of aromatic amines is 1. The van der Waals surface area contributed by atoms with Crippen molar-refractivity contribution < 1.29 is 9.90 Å². The van der Waals surface area contributed by atoms with Gasteiger partial charge >= 0.3 is 0 Å². The molecule has 0 bridgehead atoms. The number of benzene rings is 2. The van der Waals surface area contributed by atoms with Crippen LogP contribution in [0.2, 0.25) is 5.02 Å². The molecule has 0 atom stereocenters. The molecule has 0 saturated carbocycles. The molecule has 3 aromatic rings. The van der Waals surface area contributed by atoms with Gasteiger partial charge in [0, 0.05) is 16.6 Å². The monoisotopic (exact) mass is 286 g/mol. The highest BCUT2D eigenvalue weighted by Crippen LogP contribution is 2.26. The number of halogens is 1. The standard InChI is InChI=1S/C15H11ClN2O2/c16-11-8-10(5-6-14(11)19)17-15(20)13-7-9-3-1-2-4-12(9)18-13/h1-8,18-19H,(H,17,20). The highest BCUT2D eigenvalue weighted by molar-refractivity contribution is 6.32. The Labute approximate surface area is 120 Å². The molecular weight excluding hydrogens is 276 g/mol. The van der Waals surface area contributed by atoms with E-state index in [1.54, 1.807) is 12.1 Å². The second-order valence-corrected chi connectivity index (χ2v) is 4.80. The van der Waals surface area contributed by atoms with Crippen molar-refractivity contribution in [2.75, 3.05) is 5.32 Å². The summed E-state index contributed by atoms with van der Waals surface area (Å²) < 4.78 is 0. The van der Waals surface area contributed by atoms with E-state index in [4.69, 9.17) is 11.6 Å². The Morgan fingerprint density at radius 1 is 1.15 bits per heavy atom. The van der Waals surface area contributed by atoms with Crippen molar-refractivity contribution in [2.24, 2.45) is 0 Å². The number of para-hydroxylation sites is 1. The van der Waals surface area contributed by atoms with E-state index >= 15 is 0 Å². The molecule has 1 amide bonds. The van der Waals surface area contributed by atoms with Gasteiger partial charge in [-0.15, -0.1) is 0 Å². The third kappa shape index (κ3) is 2.33. The zero-order valence-corrected chi connectivity index (χ0v) is 11.1. The van der Waals surface area contributed by atoms with Gasteiger partial charge in [0.1, 0.15) is 11.4 Å². The number of aromatic hydroxyl groups is 1. The van der Waals surface area contributed by atoms with Gasteiger partial charge in [0.05, 0.1) is 5.02 Å². The molecule has 20 heavy (non-hydrogen) atoms. The number of rotatable bonds is 2. The first-order valence-electron chi connectivity index (χ1n) is 6.01. The third-order valence-corrected chi connectivity index (χ3v) is 3.28. The largest absolute Gasteiger partial charge is 0.506 e. The van der Waals surface area contributed by atoms with E-state index in [9.17, 15) is 9.90 Å². The summed E-state index contributed by atoms with van der Waals surface area (Å²) in [6.07, 6.45) is 0. The van der Waals surface area contributed by atoms with E-state index < -0.39 is 0 Å². The van der Waals surface area contributed by atoms with Crippen LogP contribution in [0.3, 0.4) is 0 Å². The molecule has 0 unspecified atom stereocenters. The fourth-order valence-electron chi connectivity index (χ4n) is 1.98. The van der Waals surface area contributed by atoms with Gasteiger partial charge in [-0.25, -0.2) is 0 Å². The minimum absolute atomic E-state index is 0.0183. The maximum absolute atomic E-state index is 12.1. The Balaban J connectivity index is 1.86. The fraction of sp³-hybridized carbons (Fsp3) is 0. The Morgan fingerprint density at radius 2 is 1.95 bits per heavy atom. The predicted molar refractivity (Wildman–Crippen MR) is 79.4 cm³/mol. The number of carbonyl (C=O) groups is 1. The van der Waals surface area contributed by atoms with Crippen molar-refractivity contribution in [2.45, 2.75) is 0 Å². The number of hydrogen-bond donors (Lipinski definition) is 3. The number of nitrogens with one attached hydrogen (secondary N) is 2. The summed E-state index contributed by atoms with van der Waals surface area (Å²) in [5.74, 6) is -0.279. The summed E-state index contributed by atoms with van der Waals surface area (Å²) >= 11 is 5.80. The van der Waals surface area contributed by atoms with E-state index in [2.05, 4.69) is 10.3 Å². The number of anilines is 1. The van der Waals surface area contributed by atoms with E-state index in [1.165, 1.54) is 12.1 Å². The second kappa shape index (κ2) is 4.90. The van der Waals surface area contributed by atoms with Crippen LogP contribution < -0.4 is 5.32 Å². The maximum atomic E-state index is 12.1. The lowest BCUT2D eigenvalue weighted by Crippen LogP contribution is -2.12. The molecule has 1 aromatic heterocycles. The van der Waals surface area contributed by atoms with Crippen LogP contribution >= 0.6 is 11.6 Å². The third-order valence-electron chi connectivity index (χ3n) is 2.98. The van der Waals surface area contributed by atoms with Crippen LogP contribution in [-0.2, 0) is 0 Å². The molecule has 0 radical (unpaired) electrons. The van der Waals surface area contributed by atoms with Crippen molar-refractivity contribution in [1.82, 2.24) is 4.98 Å². The van der Waals surface area contributed by atoms with Gasteiger partial charge in [0.25, 0.3) is 5.91 Å². The molecule has 0 aliphatic heterocycles. The number of amides is 1. The van der Waals surface area contributed by atoms with Gasteiger partial charge in [-0.2, -0.15) is 0 Å². The Kier molecular flexibility index (Phi) is 3.08. The molecule has 5 heteroatoms. The van der Waals surface area contributed by atoms with Gasteiger partial charge in [0.15, 0.2) is 0 Å². The minimum atomic E-state index is -0.261. The topological polar surface area (TPSA) is 65.1 Å². The van der Waals surface area contributed by atoms with E-state index in [-0.39, 0.29) is 16.7 Å². The number of fused-ring (bicyclic) bond motifs is 1. The smallest absolute Gasteiger partial charge is 0.272 e. The Morgan fingerprint density at radius 3 is 2.70 bits per heavy atom.